The fraction of sp³-hybridized carbons (Fsp3) is 0.130. The van der Waals surface area contributed by atoms with Gasteiger partial charge in [0.2, 0.25) is 0 Å². The monoisotopic (exact) mass is 880 g/mol. The van der Waals surface area contributed by atoms with E-state index in [1.165, 1.54) is 144 Å². The molecule has 0 heterocycles. The lowest BCUT2D eigenvalue weighted by atomic mass is 9.79. The van der Waals surface area contributed by atoms with Gasteiger partial charge in [-0.2, -0.15) is 0 Å². The molecular formula is C69H52. The van der Waals surface area contributed by atoms with Gasteiger partial charge in [0.05, 0.1) is 0 Å². The molecule has 11 aromatic carbocycles. The van der Waals surface area contributed by atoms with E-state index >= 15 is 0 Å². The molecule has 0 radical (unpaired) electrons. The van der Waals surface area contributed by atoms with Gasteiger partial charge in [0.15, 0.2) is 0 Å². The summed E-state index contributed by atoms with van der Waals surface area (Å²) in [5.74, 6) is 0. The highest BCUT2D eigenvalue weighted by Gasteiger charge is 2.39. The number of hydrogen-bond acceptors (Lipinski definition) is 0. The minimum absolute atomic E-state index is 0.0420. The van der Waals surface area contributed by atoms with E-state index in [0.717, 1.165) is 0 Å². The molecule has 0 atom stereocenters. The third kappa shape index (κ3) is 5.64. The second-order valence-electron chi connectivity index (χ2n) is 21.6. The molecule has 0 saturated heterocycles. The highest BCUT2D eigenvalue weighted by Crippen LogP contribution is 2.55. The van der Waals surface area contributed by atoms with Crippen molar-refractivity contribution in [1.29, 1.82) is 0 Å². The molecule has 0 aliphatic heterocycles. The van der Waals surface area contributed by atoms with Gasteiger partial charge in [0, 0.05) is 16.2 Å². The highest BCUT2D eigenvalue weighted by molar-refractivity contribution is 6.22. The van der Waals surface area contributed by atoms with Gasteiger partial charge < -0.3 is 0 Å². The van der Waals surface area contributed by atoms with Crippen molar-refractivity contribution in [3.63, 3.8) is 0 Å². The van der Waals surface area contributed by atoms with Crippen molar-refractivity contribution in [1.82, 2.24) is 0 Å². The van der Waals surface area contributed by atoms with Crippen LogP contribution < -0.4 is 0 Å². The van der Waals surface area contributed by atoms with Gasteiger partial charge in [-0.05, 0) is 180 Å². The fourth-order valence-corrected chi connectivity index (χ4v) is 13.2. The number of benzene rings is 11. The van der Waals surface area contributed by atoms with Crippen LogP contribution in [0.3, 0.4) is 0 Å². The van der Waals surface area contributed by atoms with Crippen LogP contribution in [-0.2, 0) is 16.2 Å². The first-order valence-corrected chi connectivity index (χ1v) is 24.7. The summed E-state index contributed by atoms with van der Waals surface area (Å²) in [5, 5.41) is 7.60. The normalized spacial score (nSPS) is 15.2. The summed E-state index contributed by atoms with van der Waals surface area (Å²) in [4.78, 5) is 0. The maximum absolute atomic E-state index is 2.52. The lowest BCUT2D eigenvalue weighted by Crippen LogP contribution is -2.15. The summed E-state index contributed by atoms with van der Waals surface area (Å²) in [6, 6.07) is 78.9. The topological polar surface area (TPSA) is 0 Å². The molecule has 3 aliphatic carbocycles. The summed E-state index contributed by atoms with van der Waals surface area (Å²) in [6.07, 6.45) is 0. The summed E-state index contributed by atoms with van der Waals surface area (Å²) in [6.45, 7) is 14.3. The van der Waals surface area contributed by atoms with Gasteiger partial charge in [0.25, 0.3) is 0 Å². The number of hydrogen-bond donors (Lipinski definition) is 0. The van der Waals surface area contributed by atoms with Crippen LogP contribution in [0.2, 0.25) is 0 Å². The first-order valence-electron chi connectivity index (χ1n) is 24.7. The van der Waals surface area contributed by atoms with Crippen LogP contribution in [0.25, 0.3) is 110 Å². The lowest BCUT2D eigenvalue weighted by molar-refractivity contribution is 0.659. The summed E-state index contributed by atoms with van der Waals surface area (Å²) >= 11 is 0. The van der Waals surface area contributed by atoms with Gasteiger partial charge >= 0.3 is 0 Å². The molecule has 328 valence electrons. The third-order valence-electron chi connectivity index (χ3n) is 16.9. The Morgan fingerprint density at radius 3 is 1.25 bits per heavy atom. The van der Waals surface area contributed by atoms with Crippen LogP contribution >= 0.6 is 0 Å². The molecule has 0 heteroatoms. The van der Waals surface area contributed by atoms with Crippen LogP contribution in [0, 0.1) is 0 Å². The molecule has 0 bridgehead atoms. The van der Waals surface area contributed by atoms with Crippen molar-refractivity contribution >= 4 is 32.3 Å². The Morgan fingerprint density at radius 2 is 0.594 bits per heavy atom. The summed E-state index contributed by atoms with van der Waals surface area (Å²) < 4.78 is 0. The van der Waals surface area contributed by atoms with E-state index in [1.54, 1.807) is 0 Å². The molecule has 0 saturated carbocycles. The predicted octanol–water partition coefficient (Wildman–Crippen LogP) is 18.7. The van der Waals surface area contributed by atoms with Crippen molar-refractivity contribution in [2.45, 2.75) is 57.8 Å². The van der Waals surface area contributed by atoms with E-state index < -0.39 is 0 Å². The molecule has 11 aromatic rings. The quantitative estimate of drug-likeness (QED) is 0.155. The molecule has 0 unspecified atom stereocenters. The average Bonchev–Trinajstić information content (AvgIpc) is 3.86. The maximum Gasteiger partial charge on any atom is 0.0159 e. The Morgan fingerprint density at radius 1 is 0.217 bits per heavy atom. The standard InChI is InChI=1S/C69H52/c1-67(2)60-22-14-12-18-50(60)57-37-47(29-34-61(57)67)66-55-20-10-9-19-54(55)65(56-33-27-44(36-58(56)66)43-24-23-41-15-7-8-16-42(41)35-43)48-28-32-53-52-31-26-46(39-63(52)69(5,6)64(53)40-48)45-25-30-51-49-17-11-13-21-59(49)68(3,4)62(51)38-45/h7-40H,1-6H3. The van der Waals surface area contributed by atoms with Crippen LogP contribution in [0.15, 0.2) is 206 Å². The molecule has 0 spiro atoms. The molecule has 0 N–H and O–H groups in total. The Labute approximate surface area is 405 Å². The second-order valence-corrected chi connectivity index (χ2v) is 21.6. The Kier molecular flexibility index (Phi) is 8.25. The van der Waals surface area contributed by atoms with Gasteiger partial charge in [-0.1, -0.05) is 211 Å². The van der Waals surface area contributed by atoms with E-state index in [1.807, 2.05) is 0 Å². The number of rotatable bonds is 4. The molecule has 0 nitrogen and oxygen atoms in total. The molecular weight excluding hydrogens is 829 g/mol. The highest BCUT2D eigenvalue weighted by atomic mass is 14.4. The van der Waals surface area contributed by atoms with Crippen molar-refractivity contribution in [2.24, 2.45) is 0 Å². The zero-order valence-electron chi connectivity index (χ0n) is 40.1. The zero-order chi connectivity index (χ0) is 46.6. The van der Waals surface area contributed by atoms with Gasteiger partial charge in [-0.15, -0.1) is 0 Å². The molecule has 3 aliphatic rings. The van der Waals surface area contributed by atoms with E-state index in [9.17, 15) is 0 Å². The predicted molar refractivity (Wildman–Crippen MR) is 293 cm³/mol. The lowest BCUT2D eigenvalue weighted by Gasteiger charge is -2.24. The Hall–Kier alpha value is -7.80. The molecule has 14 rings (SSSR count). The van der Waals surface area contributed by atoms with Crippen molar-refractivity contribution < 1.29 is 0 Å². The van der Waals surface area contributed by atoms with E-state index in [-0.39, 0.29) is 16.2 Å². The minimum atomic E-state index is -0.202. The summed E-state index contributed by atoms with van der Waals surface area (Å²) in [5.41, 5.74) is 26.3. The maximum atomic E-state index is 2.52. The zero-order valence-corrected chi connectivity index (χ0v) is 40.1. The van der Waals surface area contributed by atoms with E-state index in [4.69, 9.17) is 0 Å². The Balaban J connectivity index is 0.942. The summed E-state index contributed by atoms with van der Waals surface area (Å²) in [7, 11) is 0. The smallest absolute Gasteiger partial charge is 0.0159 e. The van der Waals surface area contributed by atoms with Crippen molar-refractivity contribution in [3.8, 4) is 77.9 Å². The molecule has 0 fully saturated rings. The first-order chi connectivity index (χ1) is 33.5. The molecule has 0 amide bonds. The van der Waals surface area contributed by atoms with Crippen molar-refractivity contribution in [2.75, 3.05) is 0 Å². The Bertz CT molecular complexity index is 4040. The molecule has 69 heavy (non-hydrogen) atoms. The fourth-order valence-electron chi connectivity index (χ4n) is 13.2. The average molecular weight is 881 g/mol. The molecule has 0 aromatic heterocycles. The third-order valence-corrected chi connectivity index (χ3v) is 16.9. The SMILES string of the molecule is CC1(C)c2ccccc2-c2cc(-c3c4ccccc4c(-c4ccc5c(c4)C(C)(C)c4cc(-c6ccc7c(c6)C(C)(C)c6ccccc6-7)ccc4-5)c4ccc(-c5ccc6ccccc6c5)cc34)ccc21. The van der Waals surface area contributed by atoms with E-state index in [2.05, 4.69) is 248 Å². The van der Waals surface area contributed by atoms with E-state index in [0.29, 0.717) is 0 Å². The number of fused-ring (bicyclic) bond motifs is 12. The second kappa shape index (κ2) is 14.1. The first kappa shape index (κ1) is 40.3. The van der Waals surface area contributed by atoms with Crippen LogP contribution in [-0.4, -0.2) is 0 Å². The van der Waals surface area contributed by atoms with Crippen LogP contribution in [0.5, 0.6) is 0 Å². The van der Waals surface area contributed by atoms with Gasteiger partial charge in [-0.25, -0.2) is 0 Å². The van der Waals surface area contributed by atoms with Crippen molar-refractivity contribution in [3.05, 3.63) is 240 Å². The van der Waals surface area contributed by atoms with Gasteiger partial charge in [-0.3, -0.25) is 0 Å². The minimum Gasteiger partial charge on any atom is -0.0619 e. The largest absolute Gasteiger partial charge is 0.0619 e. The van der Waals surface area contributed by atoms with Crippen LogP contribution in [0.1, 0.15) is 74.9 Å². The van der Waals surface area contributed by atoms with Gasteiger partial charge in [0.1, 0.15) is 0 Å². The van der Waals surface area contributed by atoms with Crippen LogP contribution in [0.4, 0.5) is 0 Å².